The molecule has 0 spiro atoms. The lowest BCUT2D eigenvalue weighted by atomic mass is 9.98. The van der Waals surface area contributed by atoms with E-state index in [-0.39, 0.29) is 11.8 Å². The second-order valence-corrected chi connectivity index (χ2v) is 25.6. The number of ether oxygens (including phenoxy) is 6. The number of terminal acetylenes is 6. The van der Waals surface area contributed by atoms with Crippen LogP contribution >= 0.6 is 133 Å². The lowest BCUT2D eigenvalue weighted by molar-refractivity contribution is 0.497. The molecule has 0 radical (unpaired) electrons. The highest BCUT2D eigenvalue weighted by atomic mass is 79.9. The molecule has 0 saturated carbocycles. The smallest absolute Gasteiger partial charge is 0.145 e. The average molecular weight is 1980 g/mol. The van der Waals surface area contributed by atoms with E-state index in [1.165, 1.54) is 27.8 Å². The summed E-state index contributed by atoms with van der Waals surface area (Å²) in [5, 5.41) is 3.20. The van der Waals surface area contributed by atoms with E-state index in [0.717, 1.165) is 71.4 Å². The van der Waals surface area contributed by atoms with E-state index in [1.54, 1.807) is 12.1 Å². The maximum absolute atomic E-state index is 5.96. The minimum absolute atomic E-state index is 0.157. The largest absolute Gasteiger partial charge is 0.407 e. The van der Waals surface area contributed by atoms with Gasteiger partial charge in [0.25, 0.3) is 0 Å². The molecule has 6 nitrogen and oxygen atoms in total. The molecular weight excluding hydrogens is 1930 g/mol. The molecule has 124 heavy (non-hydrogen) atoms. The Bertz CT molecular complexity index is 6760. The van der Waals surface area contributed by atoms with Crippen LogP contribution in [0.5, 0.6) is 34.5 Å². The first-order valence-electron chi connectivity index (χ1n) is 34.5. The molecule has 7 aromatic rings. The Morgan fingerprint density at radius 2 is 0.492 bits per heavy atom. The molecule has 0 heterocycles. The highest BCUT2D eigenvalue weighted by Gasteiger charge is 2.14. The van der Waals surface area contributed by atoms with Crippen molar-refractivity contribution in [3.63, 3.8) is 0 Å². The summed E-state index contributed by atoms with van der Waals surface area (Å²) in [6.45, 7) is 3.94. The SMILES string of the molecule is C#CC#CC#CC#CC#COc1cc(CCl)c(C)cc1CCl.C#CC#CC#CC#CC#COc1ccc(-c2cc(CBr)ccc2CBr)cc1.C#CC#CC#CC#CC#COc1cccc(-c2cc(CBr)ccc2CBr)c1.C#CC#CC#CC#COc1cc(CCl)c(C)cc1CCl.C#CC#CC#CC#COc1cc(CCl)c(OC#CC#CC#CC#C)cc1CCl. The molecule has 0 aromatic heterocycles. The van der Waals surface area contributed by atoms with Crippen LogP contribution in [0.3, 0.4) is 0 Å². The fourth-order valence-corrected chi connectivity index (χ4v) is 11.6. The lowest BCUT2D eigenvalue weighted by Gasteiger charge is -2.10. The van der Waals surface area contributed by atoms with E-state index >= 15 is 0 Å². The van der Waals surface area contributed by atoms with E-state index in [2.05, 4.69) is 385 Å². The predicted molar refractivity (Wildman–Crippen MR) is 520 cm³/mol. The molecule has 0 bridgehead atoms. The van der Waals surface area contributed by atoms with Crippen LogP contribution in [0.2, 0.25) is 0 Å². The summed E-state index contributed by atoms with van der Waals surface area (Å²) in [5.41, 5.74) is 16.5. The van der Waals surface area contributed by atoms with Crippen molar-refractivity contribution in [3.05, 3.63) is 188 Å². The Morgan fingerprint density at radius 3 is 0.774 bits per heavy atom. The van der Waals surface area contributed by atoms with Gasteiger partial charge in [-0.15, -0.1) is 108 Å². The molecule has 7 rings (SSSR count). The van der Waals surface area contributed by atoms with Gasteiger partial charge in [-0.1, -0.05) is 137 Å². The van der Waals surface area contributed by atoms with Gasteiger partial charge in [0.2, 0.25) is 0 Å². The van der Waals surface area contributed by atoms with Gasteiger partial charge in [-0.25, -0.2) is 0 Å². The zero-order chi connectivity index (χ0) is 90.1. The van der Waals surface area contributed by atoms with Gasteiger partial charge in [0.1, 0.15) is 71.1 Å². The Hall–Kier alpha value is -14.9. The molecule has 0 aliphatic rings. The van der Waals surface area contributed by atoms with E-state index in [0.29, 0.717) is 69.1 Å². The van der Waals surface area contributed by atoms with Crippen molar-refractivity contribution < 1.29 is 28.4 Å². The van der Waals surface area contributed by atoms with E-state index < -0.39 is 0 Å². The first-order valence-corrected chi connectivity index (χ1v) is 42.2. The van der Waals surface area contributed by atoms with Crippen LogP contribution in [0.1, 0.15) is 66.8 Å². The van der Waals surface area contributed by atoms with Crippen LogP contribution in [0.4, 0.5) is 0 Å². The zero-order valence-corrected chi connectivity index (χ0v) is 76.2. The Morgan fingerprint density at radius 1 is 0.234 bits per heavy atom. The molecule has 590 valence electrons. The predicted octanol–water partition coefficient (Wildman–Crippen LogP) is 20.3. The first kappa shape index (κ1) is 103. The summed E-state index contributed by atoms with van der Waals surface area (Å²) < 4.78 is 32.3. The summed E-state index contributed by atoms with van der Waals surface area (Å²) in [6.07, 6.45) is 44.7. The van der Waals surface area contributed by atoms with Gasteiger partial charge in [0.05, 0.1) is 23.5 Å². The summed E-state index contributed by atoms with van der Waals surface area (Å²) in [4.78, 5) is 0. The number of rotatable bonds is 18. The maximum atomic E-state index is 5.96. The summed E-state index contributed by atoms with van der Waals surface area (Å²) in [6, 6.07) is 39.3. The highest BCUT2D eigenvalue weighted by Crippen LogP contribution is 2.34. The molecule has 16 heteroatoms. The van der Waals surface area contributed by atoms with E-state index in [9.17, 15) is 0 Å². The molecular formula is C108H52Br4Cl6O6. The average Bonchev–Trinajstić information content (AvgIpc) is 0.853. The van der Waals surface area contributed by atoms with Crippen LogP contribution < -0.4 is 28.4 Å². The number of halogens is 10. The second kappa shape index (κ2) is 68.0. The normalized spacial score (nSPS) is 7.73. The zero-order valence-electron chi connectivity index (χ0n) is 65.3. The Balaban J connectivity index is 0.000000402. The third kappa shape index (κ3) is 43.2. The van der Waals surface area contributed by atoms with Crippen molar-refractivity contribution in [1.29, 1.82) is 0 Å². The molecule has 0 aliphatic heterocycles. The van der Waals surface area contributed by atoms with Gasteiger partial charge in [0.15, 0.2) is 0 Å². The molecule has 0 atom stereocenters. The number of aryl methyl sites for hydroxylation is 2. The van der Waals surface area contributed by atoms with Gasteiger partial charge in [0, 0.05) is 180 Å². The van der Waals surface area contributed by atoms with Crippen molar-refractivity contribution in [2.45, 2.75) is 70.4 Å². The van der Waals surface area contributed by atoms with Crippen molar-refractivity contribution in [1.82, 2.24) is 0 Å². The minimum atomic E-state index is 0.157. The second-order valence-electron chi connectivity index (χ2n) is 21.8. The van der Waals surface area contributed by atoms with Gasteiger partial charge >= 0.3 is 0 Å². The number of hydrogen-bond acceptors (Lipinski definition) is 6. The quantitative estimate of drug-likeness (QED) is 0.0630. The van der Waals surface area contributed by atoms with Crippen LogP contribution in [0.25, 0.3) is 22.3 Å². The summed E-state index contributed by atoms with van der Waals surface area (Å²) in [7, 11) is 0. The molecule has 7 aromatic carbocycles. The summed E-state index contributed by atoms with van der Waals surface area (Å²) >= 11 is 49.5. The number of hydrogen-bond donors (Lipinski definition) is 0. The van der Waals surface area contributed by atoms with Crippen molar-refractivity contribution in [2.75, 3.05) is 0 Å². The topological polar surface area (TPSA) is 55.4 Å². The van der Waals surface area contributed by atoms with Gasteiger partial charge in [-0.2, -0.15) is 0 Å². The minimum Gasteiger partial charge on any atom is -0.407 e. The van der Waals surface area contributed by atoms with Crippen molar-refractivity contribution >= 4 is 133 Å². The van der Waals surface area contributed by atoms with Gasteiger partial charge in [-0.05, 0) is 253 Å². The number of benzene rings is 7. The molecule has 0 unspecified atom stereocenters. The Labute approximate surface area is 793 Å². The van der Waals surface area contributed by atoms with Crippen LogP contribution in [-0.4, -0.2) is 0 Å². The number of alkyl halides is 10. The molecule has 0 saturated heterocycles. The Kier molecular flexibility index (Phi) is 56.6. The monoisotopic (exact) mass is 1970 g/mol. The van der Waals surface area contributed by atoms with Gasteiger partial charge in [-0.3, -0.25) is 0 Å². The van der Waals surface area contributed by atoms with Crippen molar-refractivity contribution in [2.24, 2.45) is 0 Å². The molecule has 0 N–H and O–H groups in total. The van der Waals surface area contributed by atoms with Crippen molar-refractivity contribution in [3.8, 4) is 381 Å². The maximum Gasteiger partial charge on any atom is 0.145 e. The molecule has 0 aliphatic carbocycles. The van der Waals surface area contributed by atoms with E-state index in [4.69, 9.17) is 137 Å². The lowest BCUT2D eigenvalue weighted by Crippen LogP contribution is -1.96. The molecule has 0 fully saturated rings. The van der Waals surface area contributed by atoms with Crippen LogP contribution in [0, 0.1) is 338 Å². The highest BCUT2D eigenvalue weighted by molar-refractivity contribution is 9.09. The van der Waals surface area contributed by atoms with E-state index in [1.807, 2.05) is 86.6 Å². The molecule has 0 amide bonds. The third-order valence-corrected chi connectivity index (χ3v) is 18.2. The summed E-state index contributed by atoms with van der Waals surface area (Å²) in [5.74, 6) is 107. The standard InChI is InChI=1S/2C24H12Br2O.C24H8Cl2O2.C19H10Cl2O.C17H10Cl2O/c1-2-3-4-5-6-7-8-9-16-27-23-14-12-21(13-15-23)24-17-20(18-25)10-11-22(24)19-26;1-2-3-4-5-6-7-8-9-15-27-23-12-10-11-21(17-23)24-16-20(18-25)13-14-22(24)19-26;1-3-5-7-9-11-13-15-27-23-17-22(20-26)24(18-21(23)19-25)28-16-14-12-10-8-6-4-2;1-3-4-5-6-7-8-9-10-11-22-19-13-17(14-20)16(2)12-18(19)15-21;1-3-4-5-6-7-8-9-20-17-11-15(12-18)14(2)10-16(17)13-19/h1,10-15,17H,18-19H2;1,10-14,16-17H,18-19H2;1-2,17-18H,19-20H2;1,12-13H,14-15H2,2H3;1,10-11H,12-13H2,2H3. The van der Waals surface area contributed by atoms with Gasteiger partial charge < -0.3 is 28.4 Å². The van der Waals surface area contributed by atoms with Crippen LogP contribution in [0.15, 0.2) is 121 Å². The fourth-order valence-electron chi connectivity index (χ4n) is 8.53. The van der Waals surface area contributed by atoms with Crippen LogP contribution in [-0.2, 0) is 56.6 Å². The third-order valence-electron chi connectivity index (χ3n) is 14.0. The first-order chi connectivity index (χ1) is 60.8. The fraction of sp³-hybridized carbons (Fsp3) is 0.111.